The number of fused-ring (bicyclic) bond motifs is 1. The monoisotopic (exact) mass is 389 g/mol. The van der Waals surface area contributed by atoms with Gasteiger partial charge in [0.2, 0.25) is 0 Å². The zero-order valence-corrected chi connectivity index (χ0v) is 17.0. The summed E-state index contributed by atoms with van der Waals surface area (Å²) in [5.74, 6) is 2.47. The second kappa shape index (κ2) is 9.01. The predicted molar refractivity (Wildman–Crippen MR) is 115 cm³/mol. The minimum Gasteiger partial charge on any atom is -0.493 e. The minimum atomic E-state index is 0.239. The van der Waals surface area contributed by atoms with Crippen molar-refractivity contribution in [2.75, 3.05) is 20.8 Å². The van der Waals surface area contributed by atoms with Crippen LogP contribution in [0, 0.1) is 0 Å². The van der Waals surface area contributed by atoms with Crippen LogP contribution < -0.4 is 19.5 Å². The summed E-state index contributed by atoms with van der Waals surface area (Å²) < 4.78 is 17.0. The van der Waals surface area contributed by atoms with Crippen LogP contribution in [0.3, 0.4) is 0 Å². The molecule has 1 aliphatic heterocycles. The largest absolute Gasteiger partial charge is 0.493 e. The number of hydrogen-bond donors (Lipinski definition) is 1. The summed E-state index contributed by atoms with van der Waals surface area (Å²) in [7, 11) is 3.37. The quantitative estimate of drug-likeness (QED) is 0.635. The molecule has 3 aromatic carbocycles. The predicted octanol–water partition coefficient (Wildman–Crippen LogP) is 4.71. The highest BCUT2D eigenvalue weighted by Crippen LogP contribution is 2.36. The molecule has 0 saturated heterocycles. The molecule has 4 nitrogen and oxygen atoms in total. The molecule has 0 aliphatic carbocycles. The molecule has 0 aromatic heterocycles. The Hall–Kier alpha value is -2.98. The molecule has 0 radical (unpaired) electrons. The van der Waals surface area contributed by atoms with Crippen LogP contribution in [0.25, 0.3) is 0 Å². The first-order valence-corrected chi connectivity index (χ1v) is 10.0. The lowest BCUT2D eigenvalue weighted by atomic mass is 9.90. The zero-order valence-electron chi connectivity index (χ0n) is 17.0. The van der Waals surface area contributed by atoms with Gasteiger partial charge in [0, 0.05) is 6.04 Å². The molecule has 1 aliphatic rings. The average Bonchev–Trinajstić information content (AvgIpc) is 2.78. The molecule has 1 heterocycles. The van der Waals surface area contributed by atoms with Gasteiger partial charge in [-0.1, -0.05) is 42.5 Å². The highest BCUT2D eigenvalue weighted by molar-refractivity contribution is 5.50. The van der Waals surface area contributed by atoms with Gasteiger partial charge in [0.25, 0.3) is 0 Å². The van der Waals surface area contributed by atoms with E-state index in [4.69, 9.17) is 14.2 Å². The van der Waals surface area contributed by atoms with Crippen molar-refractivity contribution in [2.45, 2.75) is 25.5 Å². The van der Waals surface area contributed by atoms with Crippen LogP contribution in [0.15, 0.2) is 66.7 Å². The number of rotatable bonds is 7. The molecule has 4 heteroatoms. The maximum absolute atomic E-state index is 6.00. The van der Waals surface area contributed by atoms with Crippen molar-refractivity contribution in [2.24, 2.45) is 0 Å². The third-order valence-corrected chi connectivity index (χ3v) is 5.39. The van der Waals surface area contributed by atoms with E-state index >= 15 is 0 Å². The summed E-state index contributed by atoms with van der Waals surface area (Å²) in [6.45, 7) is 1.53. The van der Waals surface area contributed by atoms with Gasteiger partial charge in [0.15, 0.2) is 11.5 Å². The molecule has 3 aromatic rings. The van der Waals surface area contributed by atoms with Crippen LogP contribution in [-0.4, -0.2) is 20.8 Å². The Labute approximate surface area is 172 Å². The van der Waals surface area contributed by atoms with Crippen molar-refractivity contribution in [3.8, 4) is 17.2 Å². The fraction of sp³-hybridized carbons (Fsp3) is 0.280. The zero-order chi connectivity index (χ0) is 20.1. The summed E-state index contributed by atoms with van der Waals surface area (Å²) in [5, 5.41) is 3.65. The molecular weight excluding hydrogens is 362 g/mol. The maximum Gasteiger partial charge on any atom is 0.161 e. The molecular formula is C25H27NO3. The summed E-state index contributed by atoms with van der Waals surface area (Å²) in [6.07, 6.45) is 1.89. The van der Waals surface area contributed by atoms with Gasteiger partial charge in [0.05, 0.1) is 14.2 Å². The van der Waals surface area contributed by atoms with Crippen molar-refractivity contribution < 1.29 is 14.2 Å². The number of nitrogens with one attached hydrogen (secondary N) is 1. The topological polar surface area (TPSA) is 39.7 Å². The van der Waals surface area contributed by atoms with E-state index in [1.54, 1.807) is 14.2 Å². The minimum absolute atomic E-state index is 0.239. The summed E-state index contributed by atoms with van der Waals surface area (Å²) in [4.78, 5) is 0. The molecule has 0 unspecified atom stereocenters. The lowest BCUT2D eigenvalue weighted by molar-refractivity contribution is 0.306. The lowest BCUT2D eigenvalue weighted by Gasteiger charge is -2.28. The van der Waals surface area contributed by atoms with Crippen molar-refractivity contribution in [3.63, 3.8) is 0 Å². The summed E-state index contributed by atoms with van der Waals surface area (Å²) in [6, 6.07) is 23.1. The van der Waals surface area contributed by atoms with Crippen molar-refractivity contribution in [3.05, 3.63) is 89.0 Å². The molecule has 1 atom stereocenters. The lowest BCUT2D eigenvalue weighted by Crippen LogP contribution is -2.31. The number of benzene rings is 3. The fourth-order valence-electron chi connectivity index (χ4n) is 3.89. The first-order chi connectivity index (χ1) is 14.3. The number of methoxy groups -OCH3 is 2. The van der Waals surface area contributed by atoms with Crippen LogP contribution in [0.4, 0.5) is 0 Å². The second-order valence-corrected chi connectivity index (χ2v) is 7.29. The Morgan fingerprint density at radius 1 is 0.862 bits per heavy atom. The van der Waals surface area contributed by atoms with E-state index in [1.165, 1.54) is 22.3 Å². The van der Waals surface area contributed by atoms with E-state index in [0.717, 1.165) is 36.6 Å². The van der Waals surface area contributed by atoms with E-state index in [2.05, 4.69) is 47.8 Å². The normalized spacial score (nSPS) is 15.4. The van der Waals surface area contributed by atoms with Gasteiger partial charge < -0.3 is 19.5 Å². The van der Waals surface area contributed by atoms with Gasteiger partial charge in [-0.25, -0.2) is 0 Å². The SMILES string of the molecule is COc1cc2c(cc1OC)[C@@H](Cc1cccc(OCc3ccccc3)c1)NCC2. The molecule has 0 amide bonds. The van der Waals surface area contributed by atoms with Crippen LogP contribution in [0.1, 0.15) is 28.3 Å². The number of hydrogen-bond acceptors (Lipinski definition) is 4. The van der Waals surface area contributed by atoms with E-state index in [-0.39, 0.29) is 6.04 Å². The first-order valence-electron chi connectivity index (χ1n) is 10.0. The third-order valence-electron chi connectivity index (χ3n) is 5.39. The Bertz CT molecular complexity index is 956. The van der Waals surface area contributed by atoms with Gasteiger partial charge in [-0.3, -0.25) is 0 Å². The van der Waals surface area contributed by atoms with Crippen LogP contribution in [0.5, 0.6) is 17.2 Å². The molecule has 0 fully saturated rings. The fourth-order valence-corrected chi connectivity index (χ4v) is 3.89. The highest BCUT2D eigenvalue weighted by Gasteiger charge is 2.23. The maximum atomic E-state index is 6.00. The highest BCUT2D eigenvalue weighted by atomic mass is 16.5. The summed E-state index contributed by atoms with van der Waals surface area (Å²) in [5.41, 5.74) is 5.02. The van der Waals surface area contributed by atoms with Gasteiger partial charge in [-0.2, -0.15) is 0 Å². The molecule has 0 saturated carbocycles. The van der Waals surface area contributed by atoms with Crippen molar-refractivity contribution in [1.82, 2.24) is 5.32 Å². The van der Waals surface area contributed by atoms with Gasteiger partial charge in [0.1, 0.15) is 12.4 Å². The Morgan fingerprint density at radius 2 is 1.62 bits per heavy atom. The Morgan fingerprint density at radius 3 is 2.41 bits per heavy atom. The average molecular weight is 389 g/mol. The van der Waals surface area contributed by atoms with E-state index < -0.39 is 0 Å². The van der Waals surface area contributed by atoms with Crippen LogP contribution in [-0.2, 0) is 19.4 Å². The molecule has 1 N–H and O–H groups in total. The van der Waals surface area contributed by atoms with Crippen LogP contribution >= 0.6 is 0 Å². The van der Waals surface area contributed by atoms with Gasteiger partial charge >= 0.3 is 0 Å². The van der Waals surface area contributed by atoms with E-state index in [9.17, 15) is 0 Å². The molecule has 0 bridgehead atoms. The van der Waals surface area contributed by atoms with E-state index in [0.29, 0.717) is 6.61 Å². The second-order valence-electron chi connectivity index (χ2n) is 7.29. The Balaban J connectivity index is 1.50. The standard InChI is InChI=1S/C25H27NO3/c1-27-24-15-20-11-12-26-23(22(20)16-25(24)28-2)14-19-9-6-10-21(13-19)29-17-18-7-4-3-5-8-18/h3-10,13,15-16,23,26H,11-12,14,17H2,1-2H3/t23-/m1/s1. The number of ether oxygens (including phenoxy) is 3. The van der Waals surface area contributed by atoms with Crippen molar-refractivity contribution >= 4 is 0 Å². The third kappa shape index (κ3) is 4.54. The van der Waals surface area contributed by atoms with Gasteiger partial charge in [-0.15, -0.1) is 0 Å². The Kier molecular flexibility index (Phi) is 6.01. The first kappa shape index (κ1) is 19.3. The van der Waals surface area contributed by atoms with Gasteiger partial charge in [-0.05, 0) is 65.9 Å². The molecule has 4 rings (SSSR count). The van der Waals surface area contributed by atoms with Crippen LogP contribution in [0.2, 0.25) is 0 Å². The summed E-state index contributed by atoms with van der Waals surface area (Å²) >= 11 is 0. The van der Waals surface area contributed by atoms with E-state index in [1.807, 2.05) is 24.3 Å². The smallest absolute Gasteiger partial charge is 0.161 e. The molecule has 0 spiro atoms. The molecule has 150 valence electrons. The van der Waals surface area contributed by atoms with Crippen molar-refractivity contribution in [1.29, 1.82) is 0 Å². The molecule has 29 heavy (non-hydrogen) atoms.